The lowest BCUT2D eigenvalue weighted by Crippen LogP contribution is -2.62. The van der Waals surface area contributed by atoms with Crippen LogP contribution in [-0.2, 0) is 14.3 Å². The van der Waals surface area contributed by atoms with Gasteiger partial charge in [-0.2, -0.15) is 0 Å². The van der Waals surface area contributed by atoms with E-state index in [4.69, 9.17) is 9.47 Å². The number of aromatic nitrogens is 2. The Balaban J connectivity index is 1.91. The minimum absolute atomic E-state index is 0.237. The largest absolute Gasteiger partial charge is 0.387 e. The molecule has 0 spiro atoms. The normalized spacial score (nSPS) is 27.7. The van der Waals surface area contributed by atoms with Crippen LogP contribution in [0.1, 0.15) is 36.8 Å². The van der Waals surface area contributed by atoms with E-state index in [1.807, 2.05) is 13.8 Å². The zero-order valence-corrected chi connectivity index (χ0v) is 16.8. The van der Waals surface area contributed by atoms with Crippen LogP contribution in [0.4, 0.5) is 5.82 Å². The fourth-order valence-corrected chi connectivity index (χ4v) is 3.11. The van der Waals surface area contributed by atoms with Crippen molar-refractivity contribution in [3.63, 3.8) is 0 Å². The van der Waals surface area contributed by atoms with Gasteiger partial charge in [-0.05, 0) is 19.8 Å². The Morgan fingerprint density at radius 3 is 2.43 bits per heavy atom. The molecule has 1 amide bonds. The van der Waals surface area contributed by atoms with Crippen molar-refractivity contribution in [2.75, 3.05) is 25.5 Å². The Morgan fingerprint density at radius 1 is 1.14 bits per heavy atom. The highest BCUT2D eigenvalue weighted by Gasteiger charge is 2.46. The summed E-state index contributed by atoms with van der Waals surface area (Å²) < 4.78 is 10.1. The molecule has 1 aromatic rings. The molecule has 5 atom stereocenters. The zero-order chi connectivity index (χ0) is 21.0. The number of anilines is 1. The third-order valence-corrected chi connectivity index (χ3v) is 4.62. The predicted molar refractivity (Wildman–Crippen MR) is 101 cm³/mol. The minimum Gasteiger partial charge on any atom is -0.387 e. The van der Waals surface area contributed by atoms with Gasteiger partial charge < -0.3 is 35.4 Å². The van der Waals surface area contributed by atoms with E-state index in [0.717, 1.165) is 11.3 Å². The van der Waals surface area contributed by atoms with E-state index in [-0.39, 0.29) is 12.5 Å². The van der Waals surface area contributed by atoms with Gasteiger partial charge in [0.05, 0.1) is 5.69 Å². The number of ether oxygens (including phenoxy) is 2. The number of amides is 1. The van der Waals surface area contributed by atoms with Crippen LogP contribution >= 0.6 is 0 Å². The van der Waals surface area contributed by atoms with Gasteiger partial charge in [-0.1, -0.05) is 13.8 Å². The molecule has 2 heterocycles. The average molecular weight is 398 g/mol. The van der Waals surface area contributed by atoms with Gasteiger partial charge in [0.1, 0.15) is 30.0 Å². The number of rotatable bonds is 7. The Hall–Kier alpha value is -1.85. The van der Waals surface area contributed by atoms with Crippen LogP contribution in [0.25, 0.3) is 0 Å². The van der Waals surface area contributed by atoms with Crippen molar-refractivity contribution < 1.29 is 29.6 Å². The fraction of sp³-hybridized carbons (Fsp3) is 0.722. The van der Waals surface area contributed by atoms with Gasteiger partial charge in [0.15, 0.2) is 12.4 Å². The summed E-state index contributed by atoms with van der Waals surface area (Å²) in [4.78, 5) is 21.2. The van der Waals surface area contributed by atoms with E-state index in [1.54, 1.807) is 0 Å². The molecule has 10 heteroatoms. The molecule has 2 rings (SSSR count). The second kappa shape index (κ2) is 9.57. The number of nitrogens with one attached hydrogen (secondary N) is 2. The molecule has 1 aromatic heterocycles. The van der Waals surface area contributed by atoms with E-state index in [0.29, 0.717) is 18.2 Å². The third-order valence-electron chi connectivity index (χ3n) is 4.62. The Labute approximate surface area is 164 Å². The molecule has 1 aliphatic heterocycles. The number of hydrogen-bond donors (Lipinski definition) is 5. The summed E-state index contributed by atoms with van der Waals surface area (Å²) in [6.07, 6.45) is -7.10. The maximum Gasteiger partial charge on any atom is 0.252 e. The fourth-order valence-electron chi connectivity index (χ4n) is 3.11. The van der Waals surface area contributed by atoms with Gasteiger partial charge in [0.2, 0.25) is 0 Å². The van der Waals surface area contributed by atoms with Crippen LogP contribution in [0.5, 0.6) is 0 Å². The van der Waals surface area contributed by atoms with Crippen molar-refractivity contribution in [3.05, 3.63) is 17.1 Å². The average Bonchev–Trinajstić information content (AvgIpc) is 2.65. The summed E-state index contributed by atoms with van der Waals surface area (Å²) in [7, 11) is 1.27. The molecular weight excluding hydrogens is 368 g/mol. The van der Waals surface area contributed by atoms with Crippen LogP contribution in [0.15, 0.2) is 0 Å². The van der Waals surface area contributed by atoms with Gasteiger partial charge in [0, 0.05) is 25.8 Å². The SMILES string of the molecule is COC1OC(C(=O)NCCNc2nc(C)nc(C(C)C)c2C)C(O)C(O)C1O. The van der Waals surface area contributed by atoms with Gasteiger partial charge in [0.25, 0.3) is 5.91 Å². The molecular formula is C18H30N4O6. The van der Waals surface area contributed by atoms with E-state index in [1.165, 1.54) is 7.11 Å². The molecule has 5 N–H and O–H groups in total. The molecule has 158 valence electrons. The van der Waals surface area contributed by atoms with Gasteiger partial charge in [-0.3, -0.25) is 4.79 Å². The van der Waals surface area contributed by atoms with Crippen molar-refractivity contribution in [2.45, 2.75) is 64.3 Å². The highest BCUT2D eigenvalue weighted by atomic mass is 16.7. The van der Waals surface area contributed by atoms with Crippen molar-refractivity contribution in [1.82, 2.24) is 15.3 Å². The van der Waals surface area contributed by atoms with Crippen molar-refractivity contribution in [2.24, 2.45) is 0 Å². The molecule has 28 heavy (non-hydrogen) atoms. The van der Waals surface area contributed by atoms with Crippen molar-refractivity contribution in [3.8, 4) is 0 Å². The summed E-state index contributed by atoms with van der Waals surface area (Å²) >= 11 is 0. The smallest absolute Gasteiger partial charge is 0.252 e. The highest BCUT2D eigenvalue weighted by Crippen LogP contribution is 2.23. The molecule has 0 saturated carbocycles. The van der Waals surface area contributed by atoms with Crippen LogP contribution < -0.4 is 10.6 Å². The number of carbonyl (C=O) groups excluding carboxylic acids is 1. The first-order chi connectivity index (χ1) is 13.2. The Bertz CT molecular complexity index is 684. The van der Waals surface area contributed by atoms with Crippen molar-refractivity contribution in [1.29, 1.82) is 0 Å². The lowest BCUT2D eigenvalue weighted by molar-refractivity contribution is -0.283. The molecule has 0 aliphatic carbocycles. The quantitative estimate of drug-likeness (QED) is 0.372. The maximum atomic E-state index is 12.3. The second-order valence-electron chi connectivity index (χ2n) is 7.13. The summed E-state index contributed by atoms with van der Waals surface area (Å²) in [5.74, 6) is 1.03. The Kier molecular flexibility index (Phi) is 7.67. The summed E-state index contributed by atoms with van der Waals surface area (Å²) in [6, 6.07) is 0. The number of methoxy groups -OCH3 is 1. The van der Waals surface area contributed by atoms with Crippen LogP contribution in [-0.4, -0.2) is 82.1 Å². The lowest BCUT2D eigenvalue weighted by atomic mass is 9.98. The molecule has 1 fully saturated rings. The third kappa shape index (κ3) is 4.95. The van der Waals surface area contributed by atoms with E-state index < -0.39 is 36.6 Å². The monoisotopic (exact) mass is 398 g/mol. The molecule has 0 aromatic carbocycles. The first-order valence-corrected chi connectivity index (χ1v) is 9.26. The summed E-state index contributed by atoms with van der Waals surface area (Å²) in [5, 5.41) is 35.4. The second-order valence-corrected chi connectivity index (χ2v) is 7.13. The van der Waals surface area contributed by atoms with Gasteiger partial charge in [-0.15, -0.1) is 0 Å². The first-order valence-electron chi connectivity index (χ1n) is 9.26. The molecule has 5 unspecified atom stereocenters. The number of aliphatic hydroxyl groups is 3. The number of hydrogen-bond acceptors (Lipinski definition) is 9. The predicted octanol–water partition coefficient (Wildman–Crippen LogP) is -0.801. The number of aryl methyl sites for hydroxylation is 1. The zero-order valence-electron chi connectivity index (χ0n) is 16.8. The van der Waals surface area contributed by atoms with Gasteiger partial charge in [-0.25, -0.2) is 9.97 Å². The maximum absolute atomic E-state index is 12.3. The Morgan fingerprint density at radius 2 is 1.82 bits per heavy atom. The van der Waals surface area contributed by atoms with Crippen LogP contribution in [0, 0.1) is 13.8 Å². The van der Waals surface area contributed by atoms with E-state index in [9.17, 15) is 20.1 Å². The first kappa shape index (κ1) is 22.4. The molecule has 1 saturated heterocycles. The lowest BCUT2D eigenvalue weighted by Gasteiger charge is -2.38. The van der Waals surface area contributed by atoms with Crippen molar-refractivity contribution >= 4 is 11.7 Å². The number of nitrogens with zero attached hydrogens (tertiary/aromatic N) is 2. The molecule has 0 bridgehead atoms. The summed E-state index contributed by atoms with van der Waals surface area (Å²) in [5.41, 5.74) is 1.92. The topological polar surface area (TPSA) is 146 Å². The number of carbonyl (C=O) groups is 1. The highest BCUT2D eigenvalue weighted by molar-refractivity contribution is 5.81. The molecule has 10 nitrogen and oxygen atoms in total. The van der Waals surface area contributed by atoms with Gasteiger partial charge >= 0.3 is 0 Å². The number of aliphatic hydroxyl groups excluding tert-OH is 3. The van der Waals surface area contributed by atoms with E-state index >= 15 is 0 Å². The molecule has 1 aliphatic rings. The standard InChI is InChI=1S/C18H30N4O6/c1-8(2)11-9(3)16(22-10(4)21-11)19-6-7-20-17(26)15-13(24)12(23)14(25)18(27-5)28-15/h8,12-15,18,23-25H,6-7H2,1-5H3,(H,20,26)(H,19,21,22). The minimum atomic E-state index is -1.56. The summed E-state index contributed by atoms with van der Waals surface area (Å²) in [6.45, 7) is 8.52. The van der Waals surface area contributed by atoms with Crippen LogP contribution in [0.2, 0.25) is 0 Å². The van der Waals surface area contributed by atoms with E-state index in [2.05, 4.69) is 34.4 Å². The molecule has 0 radical (unpaired) electrons. The van der Waals surface area contributed by atoms with Crippen LogP contribution in [0.3, 0.4) is 0 Å².